The first-order chi connectivity index (χ1) is 5.98. The third-order valence-electron chi connectivity index (χ3n) is 4.48. The number of rotatable bonds is 0. The maximum atomic E-state index is 11.6. The van der Waals surface area contributed by atoms with Gasteiger partial charge in [-0.3, -0.25) is 4.79 Å². The minimum atomic E-state index is 0.0255. The van der Waals surface area contributed by atoms with Crippen LogP contribution in [0.3, 0.4) is 0 Å². The van der Waals surface area contributed by atoms with E-state index in [-0.39, 0.29) is 10.8 Å². The van der Waals surface area contributed by atoms with Crippen molar-refractivity contribution in [3.8, 4) is 0 Å². The summed E-state index contributed by atoms with van der Waals surface area (Å²) >= 11 is 3.53. The summed E-state index contributed by atoms with van der Waals surface area (Å²) in [7, 11) is 0. The molecule has 0 radical (unpaired) electrons. The van der Waals surface area contributed by atoms with Crippen LogP contribution in [0, 0.1) is 16.7 Å². The zero-order chi connectivity index (χ0) is 10.3. The van der Waals surface area contributed by atoms with Gasteiger partial charge in [0, 0.05) is 11.8 Å². The van der Waals surface area contributed by atoms with Crippen molar-refractivity contribution in [3.05, 3.63) is 0 Å². The molecule has 2 heteroatoms. The van der Waals surface area contributed by atoms with Gasteiger partial charge in [-0.2, -0.15) is 12.6 Å². The fraction of sp³-hybridized carbons (Fsp3) is 0.909. The van der Waals surface area contributed by atoms with E-state index in [9.17, 15) is 4.79 Å². The Balaban J connectivity index is 0.000000396. The van der Waals surface area contributed by atoms with E-state index in [0.717, 1.165) is 12.8 Å². The van der Waals surface area contributed by atoms with Crippen molar-refractivity contribution in [2.45, 2.75) is 40.0 Å². The third kappa shape index (κ3) is 1.25. The molecule has 2 atom stereocenters. The van der Waals surface area contributed by atoms with Crippen LogP contribution in [-0.4, -0.2) is 12.0 Å². The van der Waals surface area contributed by atoms with Crippen LogP contribution in [0.5, 0.6) is 0 Å². The topological polar surface area (TPSA) is 17.1 Å². The fourth-order valence-corrected chi connectivity index (χ4v) is 2.90. The number of hydrogen-bond donors (Lipinski definition) is 1. The molecule has 0 aliphatic heterocycles. The van der Waals surface area contributed by atoms with Gasteiger partial charge < -0.3 is 0 Å². The number of ketones is 1. The Labute approximate surface area is 86.7 Å². The maximum Gasteiger partial charge on any atom is 0.139 e. The first-order valence-corrected chi connectivity index (χ1v) is 5.86. The van der Waals surface area contributed by atoms with Crippen molar-refractivity contribution in [1.82, 2.24) is 0 Å². The van der Waals surface area contributed by atoms with E-state index < -0.39 is 0 Å². The summed E-state index contributed by atoms with van der Waals surface area (Å²) < 4.78 is 0. The predicted octanol–water partition coefficient (Wildman–Crippen LogP) is 2.95. The molecule has 13 heavy (non-hydrogen) atoms. The third-order valence-corrected chi connectivity index (χ3v) is 4.48. The summed E-state index contributed by atoms with van der Waals surface area (Å²) in [5, 5.41) is 0. The lowest BCUT2D eigenvalue weighted by Crippen LogP contribution is -2.32. The maximum absolute atomic E-state index is 11.6. The average molecular weight is 200 g/mol. The molecule has 0 aromatic rings. The van der Waals surface area contributed by atoms with Crippen molar-refractivity contribution >= 4 is 18.4 Å². The van der Waals surface area contributed by atoms with Crippen molar-refractivity contribution in [2.24, 2.45) is 16.7 Å². The molecule has 0 aromatic heterocycles. The van der Waals surface area contributed by atoms with Crippen LogP contribution in [0.1, 0.15) is 40.0 Å². The molecular formula is C11H20OS. The van der Waals surface area contributed by atoms with Gasteiger partial charge in [0.05, 0.1) is 0 Å². The Hall–Kier alpha value is 0.0200. The van der Waals surface area contributed by atoms with Crippen LogP contribution in [0.2, 0.25) is 0 Å². The smallest absolute Gasteiger partial charge is 0.139 e. The number of Topliss-reactive ketones (excluding diaryl/α,β-unsaturated/α-hetero) is 1. The minimum absolute atomic E-state index is 0.0255. The zero-order valence-corrected chi connectivity index (χ0v) is 9.95. The molecule has 0 heterocycles. The molecule has 0 aromatic carbocycles. The van der Waals surface area contributed by atoms with E-state index in [1.807, 2.05) is 0 Å². The summed E-state index contributed by atoms with van der Waals surface area (Å²) in [5.74, 6) is 1.19. The van der Waals surface area contributed by atoms with Crippen molar-refractivity contribution in [2.75, 3.05) is 6.26 Å². The average Bonchev–Trinajstić information content (AvgIpc) is 2.41. The molecule has 1 nitrogen and oxygen atoms in total. The van der Waals surface area contributed by atoms with Crippen LogP contribution >= 0.6 is 12.6 Å². The summed E-state index contributed by atoms with van der Waals surface area (Å²) in [6.07, 6.45) is 4.95. The summed E-state index contributed by atoms with van der Waals surface area (Å²) in [6, 6.07) is 0. The molecule has 2 aliphatic carbocycles. The quantitative estimate of drug-likeness (QED) is 0.595. The summed E-state index contributed by atoms with van der Waals surface area (Å²) in [4.78, 5) is 11.6. The Morgan fingerprint density at radius 1 is 1.31 bits per heavy atom. The second-order valence-corrected chi connectivity index (χ2v) is 4.92. The van der Waals surface area contributed by atoms with Gasteiger partial charge in [-0.05, 0) is 30.4 Å². The second kappa shape index (κ2) is 3.30. The van der Waals surface area contributed by atoms with Gasteiger partial charge in [0.15, 0.2) is 0 Å². The minimum Gasteiger partial charge on any atom is -0.299 e. The molecule has 0 amide bonds. The number of carbonyl (C=O) groups excluding carboxylic acids is 1. The molecule has 2 saturated carbocycles. The SMILES string of the molecule is CC12CCC(CC1=O)C2(C)C.CS. The number of hydrogen-bond acceptors (Lipinski definition) is 2. The largest absolute Gasteiger partial charge is 0.299 e. The highest BCUT2D eigenvalue weighted by Gasteiger charge is 2.61. The normalized spacial score (nSPS) is 40.1. The van der Waals surface area contributed by atoms with Crippen molar-refractivity contribution < 1.29 is 4.79 Å². The van der Waals surface area contributed by atoms with Crippen molar-refractivity contribution in [1.29, 1.82) is 0 Å². The van der Waals surface area contributed by atoms with E-state index >= 15 is 0 Å². The van der Waals surface area contributed by atoms with E-state index in [1.54, 1.807) is 6.26 Å². The Bertz CT molecular complexity index is 222. The van der Waals surface area contributed by atoms with Gasteiger partial charge in [-0.15, -0.1) is 0 Å². The monoisotopic (exact) mass is 200 g/mol. The van der Waals surface area contributed by atoms with E-state index in [2.05, 4.69) is 33.4 Å². The van der Waals surface area contributed by atoms with Gasteiger partial charge in [0.25, 0.3) is 0 Å². The molecule has 2 aliphatic rings. The van der Waals surface area contributed by atoms with Gasteiger partial charge in [0.2, 0.25) is 0 Å². The Kier molecular flexibility index (Phi) is 2.82. The highest BCUT2D eigenvalue weighted by Crippen LogP contribution is 2.63. The summed E-state index contributed by atoms with van der Waals surface area (Å²) in [5.41, 5.74) is 0.307. The number of fused-ring (bicyclic) bond motifs is 2. The second-order valence-electron chi connectivity index (χ2n) is 4.92. The molecule has 2 fully saturated rings. The van der Waals surface area contributed by atoms with Crippen LogP contribution in [0.4, 0.5) is 0 Å². The molecule has 0 spiro atoms. The fourth-order valence-electron chi connectivity index (χ4n) is 2.90. The highest BCUT2D eigenvalue weighted by molar-refractivity contribution is 7.79. The van der Waals surface area contributed by atoms with Crippen LogP contribution in [0.25, 0.3) is 0 Å². The van der Waals surface area contributed by atoms with Crippen LogP contribution in [-0.2, 0) is 4.79 Å². The predicted molar refractivity (Wildman–Crippen MR) is 59.1 cm³/mol. The van der Waals surface area contributed by atoms with E-state index in [0.29, 0.717) is 11.7 Å². The molecule has 0 saturated heterocycles. The molecule has 2 unspecified atom stereocenters. The van der Waals surface area contributed by atoms with Crippen LogP contribution < -0.4 is 0 Å². The van der Waals surface area contributed by atoms with E-state index in [1.165, 1.54) is 6.42 Å². The molecular weight excluding hydrogens is 180 g/mol. The molecule has 0 N–H and O–H groups in total. The number of carbonyl (C=O) groups is 1. The first kappa shape index (κ1) is 11.1. The lowest BCUT2D eigenvalue weighted by molar-refractivity contribution is -0.128. The van der Waals surface area contributed by atoms with Gasteiger partial charge in [0.1, 0.15) is 5.78 Å². The molecule has 2 rings (SSSR count). The molecule has 2 bridgehead atoms. The van der Waals surface area contributed by atoms with Gasteiger partial charge in [-0.25, -0.2) is 0 Å². The summed E-state index contributed by atoms with van der Waals surface area (Å²) in [6.45, 7) is 6.67. The molecule has 76 valence electrons. The lowest BCUT2D eigenvalue weighted by Gasteiger charge is -2.32. The lowest BCUT2D eigenvalue weighted by atomic mass is 9.70. The Morgan fingerprint density at radius 2 is 1.85 bits per heavy atom. The standard InChI is InChI=1S/C10H16O.CH4S/c1-9(2)7-4-5-10(9,3)8(11)6-7;1-2/h7H,4-6H2,1-3H3;2H,1H3. The highest BCUT2D eigenvalue weighted by atomic mass is 32.1. The first-order valence-electron chi connectivity index (χ1n) is 4.96. The van der Waals surface area contributed by atoms with Gasteiger partial charge >= 0.3 is 0 Å². The van der Waals surface area contributed by atoms with Crippen LogP contribution in [0.15, 0.2) is 0 Å². The number of thiol groups is 1. The van der Waals surface area contributed by atoms with Gasteiger partial charge in [-0.1, -0.05) is 20.8 Å². The Morgan fingerprint density at radius 3 is 2.00 bits per heavy atom. The van der Waals surface area contributed by atoms with Crippen molar-refractivity contribution in [3.63, 3.8) is 0 Å². The zero-order valence-electron chi connectivity index (χ0n) is 9.05. The van der Waals surface area contributed by atoms with E-state index in [4.69, 9.17) is 0 Å².